The summed E-state index contributed by atoms with van der Waals surface area (Å²) < 4.78 is 23.6. The van der Waals surface area contributed by atoms with Crippen LogP contribution in [0.1, 0.15) is 70.6 Å². The lowest BCUT2D eigenvalue weighted by atomic mass is 9.42. The van der Waals surface area contributed by atoms with Gasteiger partial charge in [0.25, 0.3) is 0 Å². The Morgan fingerprint density at radius 2 is 1.29 bits per heavy atom. The van der Waals surface area contributed by atoms with Crippen LogP contribution in [0.4, 0.5) is 0 Å². The summed E-state index contributed by atoms with van der Waals surface area (Å²) in [7, 11) is 0. The van der Waals surface area contributed by atoms with Gasteiger partial charge in [0.05, 0.1) is 50.8 Å². The SMILES string of the molecule is NC1CCC(C(CC2CO2)(CC2CO2)C2(CC3CO3)CCC(N)CC2CC2CO2)CC1. The zero-order chi connectivity index (χ0) is 21.1. The first-order chi connectivity index (χ1) is 15.1. The third kappa shape index (κ3) is 4.45. The number of epoxide rings is 4. The maximum absolute atomic E-state index is 6.62. The summed E-state index contributed by atoms with van der Waals surface area (Å²) in [5, 5.41) is 0. The second kappa shape index (κ2) is 8.21. The predicted octanol–water partition coefficient (Wildman–Crippen LogP) is 2.76. The van der Waals surface area contributed by atoms with Crippen LogP contribution in [-0.4, -0.2) is 62.9 Å². The van der Waals surface area contributed by atoms with E-state index < -0.39 is 0 Å². The van der Waals surface area contributed by atoms with Crippen LogP contribution in [0.25, 0.3) is 0 Å². The summed E-state index contributed by atoms with van der Waals surface area (Å²) in [6, 6.07) is 0.699. The van der Waals surface area contributed by atoms with Gasteiger partial charge in [-0.15, -0.1) is 0 Å². The average molecular weight is 435 g/mol. The van der Waals surface area contributed by atoms with Gasteiger partial charge in [-0.3, -0.25) is 0 Å². The molecule has 0 amide bonds. The summed E-state index contributed by atoms with van der Waals surface area (Å²) in [5.41, 5.74) is 13.5. The van der Waals surface area contributed by atoms with Crippen LogP contribution in [0.3, 0.4) is 0 Å². The van der Waals surface area contributed by atoms with E-state index in [1.54, 1.807) is 0 Å². The Morgan fingerprint density at radius 3 is 1.84 bits per heavy atom. The molecule has 7 atom stereocenters. The van der Waals surface area contributed by atoms with Gasteiger partial charge >= 0.3 is 0 Å². The number of hydrogen-bond donors (Lipinski definition) is 2. The van der Waals surface area contributed by atoms with Gasteiger partial charge in [-0.2, -0.15) is 0 Å². The second-order valence-electron chi connectivity index (χ2n) is 11.8. The molecule has 176 valence electrons. The largest absolute Gasteiger partial charge is 0.373 e. The summed E-state index contributed by atoms with van der Waals surface area (Å²) in [5.74, 6) is 1.32. The molecule has 0 spiro atoms. The van der Waals surface area contributed by atoms with E-state index in [0.717, 1.165) is 52.1 Å². The van der Waals surface area contributed by atoms with Crippen LogP contribution < -0.4 is 11.5 Å². The molecule has 4 N–H and O–H groups in total. The number of rotatable bonds is 10. The molecular formula is C25H42N2O4. The highest BCUT2D eigenvalue weighted by atomic mass is 16.6. The number of nitrogens with two attached hydrogens (primary N) is 2. The summed E-state index contributed by atoms with van der Waals surface area (Å²) in [6.45, 7) is 3.74. The fourth-order valence-electron chi connectivity index (χ4n) is 8.00. The average Bonchev–Trinajstić information content (AvgIpc) is 3.59. The smallest absolute Gasteiger partial charge is 0.0815 e. The van der Waals surface area contributed by atoms with E-state index >= 15 is 0 Å². The molecule has 7 unspecified atom stereocenters. The predicted molar refractivity (Wildman–Crippen MR) is 118 cm³/mol. The van der Waals surface area contributed by atoms with Crippen LogP contribution in [0.2, 0.25) is 0 Å². The van der Waals surface area contributed by atoms with Gasteiger partial charge in [0.1, 0.15) is 0 Å². The molecule has 0 bridgehead atoms. The molecule has 0 aromatic heterocycles. The Hall–Kier alpha value is -0.240. The Bertz CT molecular complexity index is 621. The van der Waals surface area contributed by atoms with E-state index in [2.05, 4.69) is 0 Å². The van der Waals surface area contributed by atoms with Gasteiger partial charge in [-0.05, 0) is 93.3 Å². The Kier molecular flexibility index (Phi) is 5.64. The fraction of sp³-hybridized carbons (Fsp3) is 1.00. The molecule has 6 rings (SSSR count). The van der Waals surface area contributed by atoms with Crippen molar-refractivity contribution in [3.8, 4) is 0 Å². The Morgan fingerprint density at radius 1 is 0.710 bits per heavy atom. The van der Waals surface area contributed by atoms with Gasteiger partial charge < -0.3 is 30.4 Å². The second-order valence-corrected chi connectivity index (χ2v) is 11.8. The lowest BCUT2D eigenvalue weighted by Gasteiger charge is -2.62. The third-order valence-corrected chi connectivity index (χ3v) is 9.81. The van der Waals surface area contributed by atoms with E-state index in [0.29, 0.717) is 48.3 Å². The van der Waals surface area contributed by atoms with E-state index in [4.69, 9.17) is 30.4 Å². The van der Waals surface area contributed by atoms with E-state index in [1.807, 2.05) is 0 Å². The first kappa shape index (κ1) is 21.3. The zero-order valence-electron chi connectivity index (χ0n) is 19.0. The third-order valence-electron chi connectivity index (χ3n) is 9.81. The van der Waals surface area contributed by atoms with Crippen molar-refractivity contribution in [1.29, 1.82) is 0 Å². The molecule has 6 nitrogen and oxygen atoms in total. The quantitative estimate of drug-likeness (QED) is 0.513. The highest BCUT2D eigenvalue weighted by Crippen LogP contribution is 2.67. The molecule has 2 saturated carbocycles. The van der Waals surface area contributed by atoms with Gasteiger partial charge in [0, 0.05) is 12.1 Å². The highest BCUT2D eigenvalue weighted by Gasteiger charge is 2.63. The summed E-state index contributed by atoms with van der Waals surface area (Å²) in [4.78, 5) is 0. The van der Waals surface area contributed by atoms with Crippen LogP contribution in [0, 0.1) is 22.7 Å². The summed E-state index contributed by atoms with van der Waals surface area (Å²) >= 11 is 0. The van der Waals surface area contributed by atoms with Crippen LogP contribution >= 0.6 is 0 Å². The number of ether oxygens (including phenoxy) is 4. The van der Waals surface area contributed by atoms with Crippen molar-refractivity contribution in [3.05, 3.63) is 0 Å². The Labute approximate surface area is 187 Å². The van der Waals surface area contributed by atoms with E-state index in [1.165, 1.54) is 44.9 Å². The van der Waals surface area contributed by atoms with E-state index in [-0.39, 0.29) is 10.8 Å². The fourth-order valence-corrected chi connectivity index (χ4v) is 8.00. The molecule has 0 aromatic carbocycles. The van der Waals surface area contributed by atoms with Gasteiger partial charge in [0.2, 0.25) is 0 Å². The molecule has 4 saturated heterocycles. The molecule has 6 heteroatoms. The van der Waals surface area contributed by atoms with Crippen molar-refractivity contribution in [1.82, 2.24) is 0 Å². The molecule has 2 aliphatic carbocycles. The molecule has 31 heavy (non-hydrogen) atoms. The van der Waals surface area contributed by atoms with Gasteiger partial charge in [0.15, 0.2) is 0 Å². The topological polar surface area (TPSA) is 102 Å². The minimum Gasteiger partial charge on any atom is -0.373 e. The van der Waals surface area contributed by atoms with E-state index in [9.17, 15) is 0 Å². The molecule has 6 aliphatic rings. The van der Waals surface area contributed by atoms with Gasteiger partial charge in [-0.1, -0.05) is 0 Å². The van der Waals surface area contributed by atoms with Crippen LogP contribution in [0.5, 0.6) is 0 Å². The number of hydrogen-bond acceptors (Lipinski definition) is 6. The Balaban J connectivity index is 1.41. The maximum Gasteiger partial charge on any atom is 0.0815 e. The monoisotopic (exact) mass is 434 g/mol. The summed E-state index contributed by atoms with van der Waals surface area (Å²) in [6.07, 6.45) is 14.8. The molecule has 0 aromatic rings. The van der Waals surface area contributed by atoms with Crippen molar-refractivity contribution in [2.24, 2.45) is 34.1 Å². The minimum atomic E-state index is 0.237. The molecular weight excluding hydrogens is 392 g/mol. The van der Waals surface area contributed by atoms with Gasteiger partial charge in [-0.25, -0.2) is 0 Å². The first-order valence-corrected chi connectivity index (χ1v) is 13.0. The van der Waals surface area contributed by atoms with Crippen molar-refractivity contribution >= 4 is 0 Å². The molecule has 4 heterocycles. The van der Waals surface area contributed by atoms with Crippen molar-refractivity contribution in [2.75, 3.05) is 26.4 Å². The molecule has 4 aliphatic heterocycles. The zero-order valence-corrected chi connectivity index (χ0v) is 19.0. The van der Waals surface area contributed by atoms with Crippen LogP contribution in [-0.2, 0) is 18.9 Å². The first-order valence-electron chi connectivity index (χ1n) is 13.0. The molecule has 0 radical (unpaired) electrons. The normalized spacial score (nSPS) is 50.5. The van der Waals surface area contributed by atoms with Crippen molar-refractivity contribution < 1.29 is 18.9 Å². The van der Waals surface area contributed by atoms with Crippen LogP contribution in [0.15, 0.2) is 0 Å². The minimum absolute atomic E-state index is 0.237. The van der Waals surface area contributed by atoms with Crippen molar-refractivity contribution in [2.45, 2.75) is 107 Å². The molecule has 6 fully saturated rings. The highest BCUT2D eigenvalue weighted by molar-refractivity contribution is 5.13. The van der Waals surface area contributed by atoms with Crippen molar-refractivity contribution in [3.63, 3.8) is 0 Å². The lowest BCUT2D eigenvalue weighted by Crippen LogP contribution is -2.58. The lowest BCUT2D eigenvalue weighted by molar-refractivity contribution is -0.134. The maximum atomic E-state index is 6.62. The standard InChI is InChI=1S/C25H42N2O4/c26-18-3-1-16(2-4-18)25(10-22-14-30-22,11-23-15-31-23)24(9-21-13-29-21)6-5-19(27)7-17(24)8-20-12-28-20/h16-23H,1-15,26-27H2.